The van der Waals surface area contributed by atoms with E-state index < -0.39 is 5.54 Å². The van der Waals surface area contributed by atoms with E-state index in [4.69, 9.17) is 4.84 Å². The zero-order valence-electron chi connectivity index (χ0n) is 12.6. The normalized spacial score (nSPS) is 21.5. The van der Waals surface area contributed by atoms with Crippen LogP contribution >= 0.6 is 15.9 Å². The predicted octanol–water partition coefficient (Wildman–Crippen LogP) is 2.55. The molecule has 1 saturated heterocycles. The van der Waals surface area contributed by atoms with E-state index in [9.17, 15) is 9.90 Å². The average molecular weight is 367 g/mol. The largest absolute Gasteiger partial charge is 0.509 e. The van der Waals surface area contributed by atoms with E-state index in [2.05, 4.69) is 21.2 Å². The van der Waals surface area contributed by atoms with Gasteiger partial charge in [-0.2, -0.15) is 5.06 Å². The molecular formula is C16H19BrN2O3. The summed E-state index contributed by atoms with van der Waals surface area (Å²) in [6.45, 7) is 3.28. The first kappa shape index (κ1) is 15.5. The van der Waals surface area contributed by atoms with Gasteiger partial charge in [0.15, 0.2) is 0 Å². The van der Waals surface area contributed by atoms with Crippen molar-refractivity contribution in [2.45, 2.75) is 25.3 Å². The Kier molecular flexibility index (Phi) is 4.01. The number of hydrogen-bond acceptors (Lipinski definition) is 4. The highest BCUT2D eigenvalue weighted by atomic mass is 79.9. The molecule has 5 nitrogen and oxygen atoms in total. The number of carbonyl (C=O) groups excluding carboxylic acids is 1. The molecule has 0 aliphatic carbocycles. The van der Waals surface area contributed by atoms with Crippen LogP contribution in [0.25, 0.3) is 5.57 Å². The van der Waals surface area contributed by atoms with E-state index in [-0.39, 0.29) is 11.7 Å². The Hall–Kier alpha value is -1.37. The van der Waals surface area contributed by atoms with Gasteiger partial charge in [0, 0.05) is 17.6 Å². The third-order valence-electron chi connectivity index (χ3n) is 4.57. The van der Waals surface area contributed by atoms with Crippen LogP contribution in [0.1, 0.15) is 24.0 Å². The fourth-order valence-electron chi connectivity index (χ4n) is 3.21. The highest BCUT2D eigenvalue weighted by molar-refractivity contribution is 9.10. The molecular weight excluding hydrogens is 348 g/mol. The SMILES string of the molecule is CON1CCC2(CC1)NC(=O)C(c1cc(Br)ccc1C)=C2O. The number of amides is 1. The van der Waals surface area contributed by atoms with Crippen LogP contribution < -0.4 is 5.32 Å². The number of carbonyl (C=O) groups is 1. The van der Waals surface area contributed by atoms with Crippen LogP contribution in [0, 0.1) is 6.92 Å². The number of nitrogens with one attached hydrogen (secondary N) is 1. The first-order valence-electron chi connectivity index (χ1n) is 7.29. The summed E-state index contributed by atoms with van der Waals surface area (Å²) in [5, 5.41) is 15.6. The molecule has 0 saturated carbocycles. The minimum atomic E-state index is -0.657. The number of aryl methyl sites for hydroxylation is 1. The van der Waals surface area contributed by atoms with E-state index in [1.807, 2.05) is 30.2 Å². The summed E-state index contributed by atoms with van der Waals surface area (Å²) in [5.41, 5.74) is 1.47. The Morgan fingerprint density at radius 1 is 1.36 bits per heavy atom. The van der Waals surface area contributed by atoms with Crippen LogP contribution in [0.15, 0.2) is 28.4 Å². The molecule has 0 atom stereocenters. The zero-order chi connectivity index (χ0) is 15.9. The molecule has 22 heavy (non-hydrogen) atoms. The average Bonchev–Trinajstić information content (AvgIpc) is 2.74. The smallest absolute Gasteiger partial charge is 0.256 e. The van der Waals surface area contributed by atoms with Crippen molar-refractivity contribution < 1.29 is 14.7 Å². The van der Waals surface area contributed by atoms with Crippen LogP contribution in [0.3, 0.4) is 0 Å². The second kappa shape index (κ2) is 5.68. The Balaban J connectivity index is 2.00. The van der Waals surface area contributed by atoms with Crippen LogP contribution in [0.2, 0.25) is 0 Å². The number of hydroxylamine groups is 2. The summed E-state index contributed by atoms with van der Waals surface area (Å²) >= 11 is 3.43. The van der Waals surface area contributed by atoms with E-state index in [1.54, 1.807) is 7.11 Å². The van der Waals surface area contributed by atoms with Crippen molar-refractivity contribution in [1.82, 2.24) is 10.4 Å². The maximum absolute atomic E-state index is 12.5. The van der Waals surface area contributed by atoms with Crippen molar-refractivity contribution in [2.75, 3.05) is 20.2 Å². The zero-order valence-corrected chi connectivity index (χ0v) is 14.2. The minimum absolute atomic E-state index is 0.162. The van der Waals surface area contributed by atoms with E-state index in [0.717, 1.165) is 15.6 Å². The van der Waals surface area contributed by atoms with Crippen molar-refractivity contribution in [2.24, 2.45) is 0 Å². The Bertz CT molecular complexity index is 649. The molecule has 0 aromatic heterocycles. The molecule has 0 radical (unpaired) electrons. The number of benzene rings is 1. The van der Waals surface area contributed by atoms with Crippen molar-refractivity contribution in [3.63, 3.8) is 0 Å². The van der Waals surface area contributed by atoms with Crippen molar-refractivity contribution in [3.8, 4) is 0 Å². The molecule has 3 rings (SSSR count). The molecule has 0 unspecified atom stereocenters. The van der Waals surface area contributed by atoms with Gasteiger partial charge in [-0.15, -0.1) is 0 Å². The Morgan fingerprint density at radius 2 is 2.05 bits per heavy atom. The summed E-state index contributed by atoms with van der Waals surface area (Å²) in [6.07, 6.45) is 1.27. The van der Waals surface area contributed by atoms with E-state index in [0.29, 0.717) is 31.5 Å². The molecule has 1 aromatic carbocycles. The third-order valence-corrected chi connectivity index (χ3v) is 5.07. The summed E-state index contributed by atoms with van der Waals surface area (Å²) in [4.78, 5) is 17.7. The first-order chi connectivity index (χ1) is 10.5. The van der Waals surface area contributed by atoms with Crippen LogP contribution in [-0.2, 0) is 9.63 Å². The fraction of sp³-hybridized carbons (Fsp3) is 0.438. The monoisotopic (exact) mass is 366 g/mol. The molecule has 2 N–H and O–H groups in total. The van der Waals surface area contributed by atoms with Crippen LogP contribution in [0.5, 0.6) is 0 Å². The quantitative estimate of drug-likeness (QED) is 0.844. The van der Waals surface area contributed by atoms with Gasteiger partial charge in [0.05, 0.1) is 12.7 Å². The lowest BCUT2D eigenvalue weighted by molar-refractivity contribution is -0.152. The number of halogens is 1. The van der Waals surface area contributed by atoms with Crippen molar-refractivity contribution in [3.05, 3.63) is 39.6 Å². The molecule has 6 heteroatoms. The van der Waals surface area contributed by atoms with Gasteiger partial charge >= 0.3 is 0 Å². The molecule has 2 aliphatic rings. The molecule has 1 fully saturated rings. The van der Waals surface area contributed by atoms with Crippen LogP contribution in [-0.4, -0.2) is 41.8 Å². The lowest BCUT2D eigenvalue weighted by atomic mass is 9.86. The maximum Gasteiger partial charge on any atom is 0.256 e. The number of nitrogens with zero attached hydrogens (tertiary/aromatic N) is 1. The summed E-state index contributed by atoms with van der Waals surface area (Å²) in [5.74, 6) is -0.0426. The van der Waals surface area contributed by atoms with Gasteiger partial charge in [-0.3, -0.25) is 4.79 Å². The Labute approximate surface area is 138 Å². The number of aliphatic hydroxyl groups excluding tert-OH is 1. The third kappa shape index (κ3) is 2.45. The molecule has 1 spiro atoms. The topological polar surface area (TPSA) is 61.8 Å². The summed E-state index contributed by atoms with van der Waals surface area (Å²) < 4.78 is 0.886. The first-order valence-corrected chi connectivity index (χ1v) is 8.08. The lowest BCUT2D eigenvalue weighted by Gasteiger charge is -2.37. The standard InChI is InChI=1S/C16H19BrN2O3/c1-10-3-4-11(17)9-12(10)13-14(20)16(18-15(13)21)5-7-19(22-2)8-6-16/h3-4,9,20H,5-8H2,1-2H3,(H,18,21). The fourth-order valence-corrected chi connectivity index (χ4v) is 3.57. The second-order valence-corrected chi connectivity index (χ2v) is 6.75. The van der Waals surface area contributed by atoms with Gasteiger partial charge in [0.25, 0.3) is 5.91 Å². The molecule has 1 aromatic rings. The molecule has 1 amide bonds. The van der Waals surface area contributed by atoms with Crippen molar-refractivity contribution in [1.29, 1.82) is 0 Å². The van der Waals surface area contributed by atoms with Gasteiger partial charge in [-0.05, 0) is 43.0 Å². The molecule has 118 valence electrons. The van der Waals surface area contributed by atoms with Crippen molar-refractivity contribution >= 4 is 27.4 Å². The Morgan fingerprint density at radius 3 is 2.68 bits per heavy atom. The van der Waals surface area contributed by atoms with Gasteiger partial charge in [-0.25, -0.2) is 0 Å². The number of aliphatic hydroxyl groups is 1. The molecule has 0 bridgehead atoms. The van der Waals surface area contributed by atoms with Crippen LogP contribution in [0.4, 0.5) is 0 Å². The molecule has 2 heterocycles. The highest BCUT2D eigenvalue weighted by Crippen LogP contribution is 2.39. The van der Waals surface area contributed by atoms with E-state index in [1.165, 1.54) is 0 Å². The lowest BCUT2D eigenvalue weighted by Crippen LogP contribution is -2.52. The molecule has 2 aliphatic heterocycles. The second-order valence-electron chi connectivity index (χ2n) is 5.83. The summed E-state index contributed by atoms with van der Waals surface area (Å²) in [7, 11) is 1.64. The number of rotatable bonds is 2. The maximum atomic E-state index is 12.5. The van der Waals surface area contributed by atoms with Gasteiger partial charge < -0.3 is 15.3 Å². The number of hydrogen-bond donors (Lipinski definition) is 2. The van der Waals surface area contributed by atoms with Gasteiger partial charge in [0.1, 0.15) is 11.3 Å². The summed E-state index contributed by atoms with van der Waals surface area (Å²) in [6, 6.07) is 5.74. The minimum Gasteiger partial charge on any atom is -0.509 e. The predicted molar refractivity (Wildman–Crippen MR) is 87.1 cm³/mol. The highest BCUT2D eigenvalue weighted by Gasteiger charge is 2.47. The van der Waals surface area contributed by atoms with Gasteiger partial charge in [-0.1, -0.05) is 22.0 Å². The van der Waals surface area contributed by atoms with Gasteiger partial charge in [0.2, 0.25) is 0 Å². The number of piperidine rings is 1. The van der Waals surface area contributed by atoms with E-state index >= 15 is 0 Å².